The van der Waals surface area contributed by atoms with Gasteiger partial charge in [0.25, 0.3) is 5.69 Å². The maximum atomic E-state index is 12.3. The standard InChI is InChI=1S/C8H6ClF3N2O2/c9-6-2-1-4(14(15)16)3-5(6)7(13)8(10,11)12/h1-3,7H,13H2/t7-/m1/s1. The van der Waals surface area contributed by atoms with Crippen molar-refractivity contribution in [3.05, 3.63) is 38.9 Å². The SMILES string of the molecule is N[C@H](c1cc([N+](=O)[O-])ccc1Cl)C(F)(F)F. The summed E-state index contributed by atoms with van der Waals surface area (Å²) in [6.07, 6.45) is -4.70. The molecule has 0 fully saturated rings. The molecule has 88 valence electrons. The minimum absolute atomic E-state index is 0.254. The van der Waals surface area contributed by atoms with Crippen LogP contribution in [0.3, 0.4) is 0 Å². The highest BCUT2D eigenvalue weighted by atomic mass is 35.5. The van der Waals surface area contributed by atoms with Crippen molar-refractivity contribution >= 4 is 17.3 Å². The predicted molar refractivity (Wildman–Crippen MR) is 51.1 cm³/mol. The summed E-state index contributed by atoms with van der Waals surface area (Å²) in [6.45, 7) is 0. The summed E-state index contributed by atoms with van der Waals surface area (Å²) in [4.78, 5) is 9.56. The average Bonchev–Trinajstić information content (AvgIpc) is 2.15. The van der Waals surface area contributed by atoms with Gasteiger partial charge in [-0.15, -0.1) is 0 Å². The topological polar surface area (TPSA) is 69.2 Å². The van der Waals surface area contributed by atoms with Crippen molar-refractivity contribution in [2.24, 2.45) is 5.73 Å². The van der Waals surface area contributed by atoms with Crippen LogP contribution in [0.5, 0.6) is 0 Å². The molecule has 1 rings (SSSR count). The second-order valence-corrected chi connectivity index (χ2v) is 3.39. The minimum Gasteiger partial charge on any atom is -0.316 e. The first kappa shape index (κ1) is 12.7. The Hall–Kier alpha value is -1.34. The molecule has 0 radical (unpaired) electrons. The van der Waals surface area contributed by atoms with E-state index < -0.39 is 28.4 Å². The van der Waals surface area contributed by atoms with Crippen LogP contribution in [0.15, 0.2) is 18.2 Å². The first-order chi connectivity index (χ1) is 7.23. The summed E-state index contributed by atoms with van der Waals surface area (Å²) < 4.78 is 36.9. The molecule has 0 bridgehead atoms. The fourth-order valence-electron chi connectivity index (χ4n) is 1.06. The Morgan fingerprint density at radius 1 is 1.44 bits per heavy atom. The van der Waals surface area contributed by atoms with E-state index in [9.17, 15) is 23.3 Å². The van der Waals surface area contributed by atoms with Crippen molar-refractivity contribution < 1.29 is 18.1 Å². The van der Waals surface area contributed by atoms with E-state index in [1.807, 2.05) is 0 Å². The van der Waals surface area contributed by atoms with Crippen LogP contribution in [0, 0.1) is 10.1 Å². The molecule has 0 saturated heterocycles. The molecule has 0 aliphatic heterocycles. The van der Waals surface area contributed by atoms with Gasteiger partial charge in [-0.1, -0.05) is 11.6 Å². The fourth-order valence-corrected chi connectivity index (χ4v) is 1.29. The number of hydrogen-bond donors (Lipinski definition) is 1. The lowest BCUT2D eigenvalue weighted by Crippen LogP contribution is -2.28. The van der Waals surface area contributed by atoms with E-state index in [2.05, 4.69) is 0 Å². The van der Waals surface area contributed by atoms with Gasteiger partial charge in [0.05, 0.1) is 4.92 Å². The normalized spacial score (nSPS) is 13.6. The molecule has 0 saturated carbocycles. The zero-order chi connectivity index (χ0) is 12.5. The molecule has 0 spiro atoms. The number of halogens is 4. The summed E-state index contributed by atoms with van der Waals surface area (Å²) in [5, 5.41) is 10.1. The lowest BCUT2D eigenvalue weighted by molar-refractivity contribution is -0.385. The second-order valence-electron chi connectivity index (χ2n) is 2.98. The Kier molecular flexibility index (Phi) is 3.39. The summed E-state index contributed by atoms with van der Waals surface area (Å²) in [7, 11) is 0. The van der Waals surface area contributed by atoms with Crippen molar-refractivity contribution in [1.82, 2.24) is 0 Å². The highest BCUT2D eigenvalue weighted by molar-refractivity contribution is 6.31. The van der Waals surface area contributed by atoms with Gasteiger partial charge in [0, 0.05) is 22.7 Å². The third kappa shape index (κ3) is 2.61. The number of non-ortho nitro benzene ring substituents is 1. The monoisotopic (exact) mass is 254 g/mol. The molecule has 1 atom stereocenters. The van der Waals surface area contributed by atoms with E-state index in [0.717, 1.165) is 18.2 Å². The van der Waals surface area contributed by atoms with Gasteiger partial charge in [0.1, 0.15) is 6.04 Å². The average molecular weight is 255 g/mol. The van der Waals surface area contributed by atoms with Gasteiger partial charge in [-0.2, -0.15) is 13.2 Å². The maximum Gasteiger partial charge on any atom is 0.407 e. The first-order valence-corrected chi connectivity index (χ1v) is 4.37. The Morgan fingerprint density at radius 2 is 2.00 bits per heavy atom. The summed E-state index contributed by atoms with van der Waals surface area (Å²) in [5.74, 6) is 0. The van der Waals surface area contributed by atoms with Crippen LogP contribution < -0.4 is 5.73 Å². The van der Waals surface area contributed by atoms with Gasteiger partial charge in [0.15, 0.2) is 0 Å². The van der Waals surface area contributed by atoms with Crippen LogP contribution in [0.1, 0.15) is 11.6 Å². The molecule has 1 aromatic rings. The largest absolute Gasteiger partial charge is 0.407 e. The highest BCUT2D eigenvalue weighted by Crippen LogP contribution is 2.35. The Labute approximate surface area is 93.0 Å². The smallest absolute Gasteiger partial charge is 0.316 e. The van der Waals surface area contributed by atoms with E-state index >= 15 is 0 Å². The first-order valence-electron chi connectivity index (χ1n) is 3.99. The van der Waals surface area contributed by atoms with Gasteiger partial charge in [-0.05, 0) is 6.07 Å². The van der Waals surface area contributed by atoms with Crippen molar-refractivity contribution in [2.75, 3.05) is 0 Å². The number of nitrogens with two attached hydrogens (primary N) is 1. The molecule has 1 aromatic carbocycles. The van der Waals surface area contributed by atoms with E-state index in [1.165, 1.54) is 0 Å². The van der Waals surface area contributed by atoms with Crippen molar-refractivity contribution in [3.63, 3.8) is 0 Å². The van der Waals surface area contributed by atoms with Crippen LogP contribution in [0.25, 0.3) is 0 Å². The van der Waals surface area contributed by atoms with E-state index in [-0.39, 0.29) is 5.02 Å². The molecular formula is C8H6ClF3N2O2. The molecule has 4 nitrogen and oxygen atoms in total. The fraction of sp³-hybridized carbons (Fsp3) is 0.250. The number of alkyl halides is 3. The van der Waals surface area contributed by atoms with Crippen molar-refractivity contribution in [3.8, 4) is 0 Å². The number of nitro groups is 1. The molecule has 16 heavy (non-hydrogen) atoms. The maximum absolute atomic E-state index is 12.3. The minimum atomic E-state index is -4.70. The number of rotatable bonds is 2. The van der Waals surface area contributed by atoms with Gasteiger partial charge < -0.3 is 5.73 Å². The van der Waals surface area contributed by atoms with Gasteiger partial charge in [0.2, 0.25) is 0 Å². The van der Waals surface area contributed by atoms with Gasteiger partial charge in [-0.3, -0.25) is 10.1 Å². The number of nitrogens with zero attached hydrogens (tertiary/aromatic N) is 1. The van der Waals surface area contributed by atoms with E-state index in [1.54, 1.807) is 0 Å². The molecule has 0 aliphatic carbocycles. The Bertz CT molecular complexity index is 422. The third-order valence-electron chi connectivity index (χ3n) is 1.88. The van der Waals surface area contributed by atoms with Gasteiger partial charge >= 0.3 is 6.18 Å². The Balaban J connectivity index is 3.22. The molecule has 0 aromatic heterocycles. The lowest BCUT2D eigenvalue weighted by atomic mass is 10.1. The number of nitro benzene ring substituents is 1. The van der Waals surface area contributed by atoms with Crippen LogP contribution in [0.2, 0.25) is 5.02 Å². The molecule has 2 N–H and O–H groups in total. The molecule has 0 aliphatic rings. The van der Waals surface area contributed by atoms with Crippen LogP contribution >= 0.6 is 11.6 Å². The van der Waals surface area contributed by atoms with Crippen LogP contribution in [-0.2, 0) is 0 Å². The predicted octanol–water partition coefficient (Wildman–Crippen LogP) is 2.81. The molecule has 0 amide bonds. The quantitative estimate of drug-likeness (QED) is 0.652. The molecular weight excluding hydrogens is 249 g/mol. The van der Waals surface area contributed by atoms with E-state index in [4.69, 9.17) is 17.3 Å². The summed E-state index contributed by atoms with van der Waals surface area (Å²) in [6, 6.07) is 0.413. The highest BCUT2D eigenvalue weighted by Gasteiger charge is 2.39. The zero-order valence-electron chi connectivity index (χ0n) is 7.66. The summed E-state index contributed by atoms with van der Waals surface area (Å²) in [5.41, 5.74) is 3.91. The molecule has 0 unspecified atom stereocenters. The Morgan fingerprint density at radius 3 is 2.44 bits per heavy atom. The van der Waals surface area contributed by atoms with Crippen LogP contribution in [0.4, 0.5) is 18.9 Å². The van der Waals surface area contributed by atoms with E-state index in [0.29, 0.717) is 0 Å². The van der Waals surface area contributed by atoms with Crippen molar-refractivity contribution in [1.29, 1.82) is 0 Å². The molecule has 0 heterocycles. The molecule has 8 heteroatoms. The third-order valence-corrected chi connectivity index (χ3v) is 2.22. The van der Waals surface area contributed by atoms with Crippen LogP contribution in [-0.4, -0.2) is 11.1 Å². The van der Waals surface area contributed by atoms with Gasteiger partial charge in [-0.25, -0.2) is 0 Å². The second kappa shape index (κ2) is 4.26. The lowest BCUT2D eigenvalue weighted by Gasteiger charge is -2.16. The number of benzene rings is 1. The summed E-state index contributed by atoms with van der Waals surface area (Å²) >= 11 is 5.50. The zero-order valence-corrected chi connectivity index (χ0v) is 8.42. The van der Waals surface area contributed by atoms with Crippen molar-refractivity contribution in [2.45, 2.75) is 12.2 Å². The number of hydrogen-bond acceptors (Lipinski definition) is 3.